The van der Waals surface area contributed by atoms with Gasteiger partial charge in [0.25, 0.3) is 0 Å². The van der Waals surface area contributed by atoms with Gasteiger partial charge in [-0.1, -0.05) is 12.1 Å². The highest BCUT2D eigenvalue weighted by molar-refractivity contribution is 5.94. The SMILES string of the molecule is [C-]#[N+][C@@H]1CCCN1C(=O)CN[C@@H](C)CC1(c2nnn(C)n2)c2ccc(C(N)=O)cc2CCc2cc(C(N)=O)ccc21. The molecule has 212 valence electrons. The van der Waals surface area contributed by atoms with Gasteiger partial charge in [0.2, 0.25) is 17.7 Å². The molecule has 1 aliphatic heterocycles. The molecule has 5 N–H and O–H groups in total. The molecule has 2 aliphatic rings. The summed E-state index contributed by atoms with van der Waals surface area (Å²) in [6.45, 7) is 10.1. The van der Waals surface area contributed by atoms with E-state index >= 15 is 0 Å². The number of nitrogens with two attached hydrogens (primary N) is 2. The van der Waals surface area contributed by atoms with Gasteiger partial charge in [-0.2, -0.15) is 4.80 Å². The fourth-order valence-corrected chi connectivity index (χ4v) is 6.23. The second-order valence-electron chi connectivity index (χ2n) is 10.8. The maximum atomic E-state index is 13.0. The molecule has 1 saturated heterocycles. The summed E-state index contributed by atoms with van der Waals surface area (Å²) in [5.74, 6) is -0.708. The molecular weight excluding hydrogens is 522 g/mol. The Morgan fingerprint density at radius 1 is 1.10 bits per heavy atom. The minimum atomic E-state index is -0.941. The lowest BCUT2D eigenvalue weighted by Crippen LogP contribution is -2.45. The Balaban J connectivity index is 1.61. The van der Waals surface area contributed by atoms with E-state index in [4.69, 9.17) is 18.0 Å². The summed E-state index contributed by atoms with van der Waals surface area (Å²) in [4.78, 5) is 43.8. The summed E-state index contributed by atoms with van der Waals surface area (Å²) in [6.07, 6.45) is 2.71. The number of primary amides is 2. The van der Waals surface area contributed by atoms with Gasteiger partial charge >= 0.3 is 6.17 Å². The number of hydrogen-bond acceptors (Lipinski definition) is 7. The van der Waals surface area contributed by atoms with Gasteiger partial charge in [0.05, 0.1) is 19.0 Å². The Bertz CT molecular complexity index is 1490. The van der Waals surface area contributed by atoms with Crippen molar-refractivity contribution in [1.29, 1.82) is 0 Å². The molecule has 1 aromatic heterocycles. The number of nitrogens with one attached hydrogen (secondary N) is 1. The highest BCUT2D eigenvalue weighted by Gasteiger charge is 2.46. The average Bonchev–Trinajstić information content (AvgIpc) is 3.60. The second-order valence-corrected chi connectivity index (χ2v) is 10.8. The monoisotopic (exact) mass is 555 g/mol. The Morgan fingerprint density at radius 2 is 1.71 bits per heavy atom. The quantitative estimate of drug-likeness (QED) is 0.350. The lowest BCUT2D eigenvalue weighted by atomic mass is 9.67. The largest absolute Gasteiger partial charge is 0.366 e. The number of nitrogens with zero attached hydrogens (tertiary/aromatic N) is 6. The topological polar surface area (TPSA) is 166 Å². The molecule has 2 heterocycles. The van der Waals surface area contributed by atoms with Crippen LogP contribution in [-0.4, -0.2) is 68.1 Å². The zero-order valence-electron chi connectivity index (χ0n) is 23.1. The van der Waals surface area contributed by atoms with Crippen molar-refractivity contribution in [3.63, 3.8) is 0 Å². The lowest BCUT2D eigenvalue weighted by molar-refractivity contribution is -0.130. The van der Waals surface area contributed by atoms with Crippen molar-refractivity contribution in [1.82, 2.24) is 30.4 Å². The van der Waals surface area contributed by atoms with Crippen molar-refractivity contribution in [3.8, 4) is 0 Å². The van der Waals surface area contributed by atoms with E-state index in [1.807, 2.05) is 31.2 Å². The van der Waals surface area contributed by atoms with Gasteiger partial charge in [-0.25, -0.2) is 6.57 Å². The summed E-state index contributed by atoms with van der Waals surface area (Å²) < 4.78 is 0. The Hall–Kier alpha value is -4.63. The van der Waals surface area contributed by atoms with Gasteiger partial charge in [0.1, 0.15) is 0 Å². The van der Waals surface area contributed by atoms with Crippen LogP contribution in [0.1, 0.15) is 75.0 Å². The number of tetrazole rings is 1. The lowest BCUT2D eigenvalue weighted by Gasteiger charge is -2.36. The zero-order valence-corrected chi connectivity index (χ0v) is 23.1. The minimum absolute atomic E-state index is 0.0815. The van der Waals surface area contributed by atoms with Crippen LogP contribution in [0.5, 0.6) is 0 Å². The van der Waals surface area contributed by atoms with Crippen molar-refractivity contribution in [2.24, 2.45) is 18.5 Å². The van der Waals surface area contributed by atoms with E-state index in [0.717, 1.165) is 28.7 Å². The molecule has 12 heteroatoms. The molecule has 12 nitrogen and oxygen atoms in total. The molecular formula is C29H33N9O3. The molecule has 5 rings (SSSR count). The number of benzene rings is 2. The van der Waals surface area contributed by atoms with Crippen molar-refractivity contribution < 1.29 is 14.4 Å². The van der Waals surface area contributed by atoms with Crippen LogP contribution in [0.4, 0.5) is 0 Å². The van der Waals surface area contributed by atoms with Gasteiger partial charge in [0, 0.05) is 30.1 Å². The van der Waals surface area contributed by atoms with E-state index in [-0.39, 0.29) is 18.5 Å². The predicted octanol–water partition coefficient (Wildman–Crippen LogP) is 1.08. The molecule has 2 aromatic carbocycles. The number of fused-ring (bicyclic) bond motifs is 2. The first-order valence-electron chi connectivity index (χ1n) is 13.6. The van der Waals surface area contributed by atoms with Crippen LogP contribution in [0.3, 0.4) is 0 Å². The highest BCUT2D eigenvalue weighted by Crippen LogP contribution is 2.47. The van der Waals surface area contributed by atoms with Gasteiger partial charge in [-0.3, -0.25) is 24.1 Å². The van der Waals surface area contributed by atoms with E-state index in [2.05, 4.69) is 25.6 Å². The number of aryl methyl sites for hydroxylation is 3. The van der Waals surface area contributed by atoms with E-state index in [1.54, 1.807) is 24.1 Å². The Kier molecular flexibility index (Phi) is 7.55. The molecule has 1 fully saturated rings. The summed E-state index contributed by atoms with van der Waals surface area (Å²) in [5.41, 5.74) is 14.7. The summed E-state index contributed by atoms with van der Waals surface area (Å²) in [7, 11) is 1.69. The van der Waals surface area contributed by atoms with E-state index in [9.17, 15) is 14.4 Å². The normalized spacial score (nSPS) is 18.1. The molecule has 0 bridgehead atoms. The third-order valence-corrected chi connectivity index (χ3v) is 8.16. The molecule has 0 spiro atoms. The van der Waals surface area contributed by atoms with Crippen LogP contribution >= 0.6 is 0 Å². The van der Waals surface area contributed by atoms with Crippen molar-refractivity contribution in [2.45, 2.75) is 56.7 Å². The third-order valence-electron chi connectivity index (χ3n) is 8.16. The molecule has 0 radical (unpaired) electrons. The number of amides is 3. The van der Waals surface area contributed by atoms with Crippen LogP contribution < -0.4 is 16.8 Å². The maximum Gasteiger partial charge on any atom is 0.300 e. The molecule has 2 atom stereocenters. The number of carbonyl (C=O) groups excluding carboxylic acids is 3. The number of carbonyl (C=O) groups is 3. The van der Waals surface area contributed by atoms with Gasteiger partial charge < -0.3 is 16.8 Å². The van der Waals surface area contributed by atoms with Crippen LogP contribution in [0, 0.1) is 6.57 Å². The van der Waals surface area contributed by atoms with E-state index in [1.165, 1.54) is 4.80 Å². The highest BCUT2D eigenvalue weighted by atomic mass is 16.2. The maximum absolute atomic E-state index is 13.0. The molecule has 41 heavy (non-hydrogen) atoms. The average molecular weight is 556 g/mol. The fraction of sp³-hybridized carbons (Fsp3) is 0.414. The van der Waals surface area contributed by atoms with Crippen molar-refractivity contribution in [3.05, 3.63) is 87.0 Å². The number of likely N-dealkylation sites (tertiary alicyclic amines) is 1. The van der Waals surface area contributed by atoms with Crippen LogP contribution in [0.2, 0.25) is 0 Å². The number of rotatable bonds is 8. The third kappa shape index (κ3) is 5.16. The summed E-state index contributed by atoms with van der Waals surface area (Å²) in [5, 5.41) is 16.7. The minimum Gasteiger partial charge on any atom is -0.366 e. The van der Waals surface area contributed by atoms with Gasteiger partial charge in [0.15, 0.2) is 5.82 Å². The standard InChI is InChI=1S/C29H33N9O3/c1-17(33-16-25(39)38-12-4-5-24(38)32-2)15-29(28-34-36-37(3)35-28)22-10-8-20(26(30)40)13-18(22)6-7-19-14-21(27(31)41)9-11-23(19)29/h8-11,13-14,17,24,33H,4-7,12,15-16H2,1,3H3,(H2,30,40)(H2,31,41)/t17-,24-/m0/s1. The van der Waals surface area contributed by atoms with Crippen LogP contribution in [-0.2, 0) is 30.1 Å². The fourth-order valence-electron chi connectivity index (χ4n) is 6.23. The van der Waals surface area contributed by atoms with Crippen molar-refractivity contribution in [2.75, 3.05) is 13.1 Å². The molecule has 3 amide bonds. The number of hydrogen-bond donors (Lipinski definition) is 3. The molecule has 3 aromatic rings. The second kappa shape index (κ2) is 11.1. The Labute approximate surface area is 237 Å². The number of aromatic nitrogens is 4. The van der Waals surface area contributed by atoms with Crippen LogP contribution in [0.15, 0.2) is 36.4 Å². The predicted molar refractivity (Wildman–Crippen MR) is 149 cm³/mol. The molecule has 1 aliphatic carbocycles. The first-order chi connectivity index (χ1) is 19.6. The smallest absolute Gasteiger partial charge is 0.300 e. The first kappa shape index (κ1) is 27.9. The van der Waals surface area contributed by atoms with Crippen LogP contribution in [0.25, 0.3) is 4.85 Å². The van der Waals surface area contributed by atoms with E-state index in [0.29, 0.717) is 49.2 Å². The summed E-state index contributed by atoms with van der Waals surface area (Å²) in [6, 6.07) is 10.6. The van der Waals surface area contributed by atoms with Gasteiger partial charge in [-0.15, -0.1) is 10.2 Å². The first-order valence-corrected chi connectivity index (χ1v) is 13.6. The van der Waals surface area contributed by atoms with E-state index < -0.39 is 23.4 Å². The summed E-state index contributed by atoms with van der Waals surface area (Å²) >= 11 is 0. The van der Waals surface area contributed by atoms with Crippen molar-refractivity contribution >= 4 is 17.7 Å². The Morgan fingerprint density at radius 3 is 2.22 bits per heavy atom. The van der Waals surface area contributed by atoms with Gasteiger partial charge in [-0.05, 0) is 84.3 Å². The molecule has 0 unspecified atom stereocenters. The molecule has 0 saturated carbocycles. The zero-order chi connectivity index (χ0) is 29.3.